The molecule has 5 fully saturated rings. The molecule has 3 nitrogen and oxygen atoms in total. The molecule has 0 spiro atoms. The van der Waals surface area contributed by atoms with Gasteiger partial charge in [0.05, 0.1) is 0 Å². The van der Waals surface area contributed by atoms with Gasteiger partial charge in [0.2, 0.25) is 0 Å². The van der Waals surface area contributed by atoms with Crippen molar-refractivity contribution in [2.24, 2.45) is 56.7 Å². The molecule has 10 atom stereocenters. The van der Waals surface area contributed by atoms with E-state index in [0.717, 1.165) is 19.3 Å². The lowest BCUT2D eigenvalue weighted by molar-refractivity contribution is -0.241. The summed E-state index contributed by atoms with van der Waals surface area (Å²) >= 11 is 0. The van der Waals surface area contributed by atoms with E-state index >= 15 is 0 Å². The Balaban J connectivity index is 1.55. The van der Waals surface area contributed by atoms with Crippen LogP contribution in [0.5, 0.6) is 0 Å². The molecule has 5 aliphatic rings. The first kappa shape index (κ1) is 25.5. The lowest BCUT2D eigenvalue weighted by atomic mass is 9.32. The Hall–Kier alpha value is -1.12. The van der Waals surface area contributed by atoms with Gasteiger partial charge in [-0.2, -0.15) is 0 Å². The number of hydrogen-bond acceptors (Lipinski definition) is 3. The van der Waals surface area contributed by atoms with Gasteiger partial charge in [0, 0.05) is 24.7 Å². The van der Waals surface area contributed by atoms with E-state index in [1.54, 1.807) is 6.92 Å². The van der Waals surface area contributed by atoms with Crippen LogP contribution in [0.15, 0.2) is 12.2 Å². The fourth-order valence-electron chi connectivity index (χ4n) is 11.5. The number of carbonyl (C=O) groups is 2. The Bertz CT molecular complexity index is 948. The maximum absolute atomic E-state index is 14.4. The molecule has 0 N–H and O–H groups in total. The third-order valence-corrected chi connectivity index (χ3v) is 13.5. The summed E-state index contributed by atoms with van der Waals surface area (Å²) in [6.45, 7) is 22.9. The number of ketones is 1. The zero-order valence-corrected chi connectivity index (χ0v) is 23.8. The summed E-state index contributed by atoms with van der Waals surface area (Å²) in [6, 6.07) is 0. The zero-order valence-electron chi connectivity index (χ0n) is 23.8. The Morgan fingerprint density at radius 3 is 2.17 bits per heavy atom. The molecule has 0 aromatic heterocycles. The Morgan fingerprint density at radius 1 is 0.857 bits per heavy atom. The van der Waals surface area contributed by atoms with Crippen LogP contribution in [0, 0.1) is 56.7 Å². The normalized spacial score (nSPS) is 52.5. The molecule has 5 saturated carbocycles. The van der Waals surface area contributed by atoms with Crippen molar-refractivity contribution < 1.29 is 14.3 Å². The van der Waals surface area contributed by atoms with E-state index in [4.69, 9.17) is 4.74 Å². The van der Waals surface area contributed by atoms with E-state index in [9.17, 15) is 9.59 Å². The minimum Gasteiger partial charge on any atom is -0.462 e. The maximum Gasteiger partial charge on any atom is 0.302 e. The van der Waals surface area contributed by atoms with E-state index in [1.165, 1.54) is 44.1 Å². The van der Waals surface area contributed by atoms with Gasteiger partial charge < -0.3 is 4.74 Å². The van der Waals surface area contributed by atoms with Crippen molar-refractivity contribution in [3.05, 3.63) is 12.2 Å². The molecule has 0 bridgehead atoms. The van der Waals surface area contributed by atoms with Crippen LogP contribution >= 0.6 is 0 Å². The van der Waals surface area contributed by atoms with E-state index in [0.29, 0.717) is 29.5 Å². The van der Waals surface area contributed by atoms with Gasteiger partial charge in [0.25, 0.3) is 0 Å². The Labute approximate surface area is 214 Å². The summed E-state index contributed by atoms with van der Waals surface area (Å²) in [4.78, 5) is 26.3. The first-order valence-corrected chi connectivity index (χ1v) is 14.5. The molecular weight excluding hydrogens is 432 g/mol. The van der Waals surface area contributed by atoms with Crippen molar-refractivity contribution in [3.8, 4) is 0 Å². The fraction of sp³-hybridized carbons (Fsp3) is 0.875. The molecule has 0 aromatic rings. The molecule has 0 aliphatic heterocycles. The summed E-state index contributed by atoms with van der Waals surface area (Å²) in [6.07, 6.45) is 9.97. The Kier molecular flexibility index (Phi) is 5.62. The predicted octanol–water partition coefficient (Wildman–Crippen LogP) is 7.77. The first-order valence-electron chi connectivity index (χ1n) is 14.5. The number of carbonyl (C=O) groups excluding carboxylic acids is 2. The highest BCUT2D eigenvalue weighted by molar-refractivity contribution is 5.84. The van der Waals surface area contributed by atoms with E-state index in [1.807, 2.05) is 0 Å². The van der Waals surface area contributed by atoms with Gasteiger partial charge in [0.1, 0.15) is 11.9 Å². The van der Waals surface area contributed by atoms with E-state index in [-0.39, 0.29) is 45.1 Å². The van der Waals surface area contributed by atoms with E-state index < -0.39 is 0 Å². The van der Waals surface area contributed by atoms with Crippen LogP contribution in [0.3, 0.4) is 0 Å². The highest BCUT2D eigenvalue weighted by atomic mass is 16.5. The monoisotopic (exact) mass is 482 g/mol. The number of Topliss-reactive ketones (excluding diaryl/α,β-unsaturated/α-hetero) is 1. The van der Waals surface area contributed by atoms with Crippen LogP contribution in [0.4, 0.5) is 0 Å². The highest BCUT2D eigenvalue weighted by Crippen LogP contribution is 2.76. The number of hydrogen-bond donors (Lipinski definition) is 0. The number of allylic oxidation sites excluding steroid dienone is 1. The van der Waals surface area contributed by atoms with Gasteiger partial charge in [-0.1, -0.05) is 53.7 Å². The van der Waals surface area contributed by atoms with Crippen LogP contribution < -0.4 is 0 Å². The zero-order chi connectivity index (χ0) is 25.8. The van der Waals surface area contributed by atoms with Crippen molar-refractivity contribution in [2.45, 2.75) is 119 Å². The predicted molar refractivity (Wildman–Crippen MR) is 141 cm³/mol. The average Bonchev–Trinajstić information content (AvgIpc) is 3.09. The van der Waals surface area contributed by atoms with Crippen molar-refractivity contribution in [3.63, 3.8) is 0 Å². The molecule has 0 aromatic carbocycles. The summed E-state index contributed by atoms with van der Waals surface area (Å²) in [5, 5.41) is 0. The van der Waals surface area contributed by atoms with Crippen molar-refractivity contribution in [2.75, 3.05) is 0 Å². The second kappa shape index (κ2) is 7.70. The fourth-order valence-corrected chi connectivity index (χ4v) is 11.5. The minimum absolute atomic E-state index is 0.0183. The van der Waals surface area contributed by atoms with Gasteiger partial charge in [-0.15, -0.1) is 0 Å². The lowest BCUT2D eigenvalue weighted by Gasteiger charge is -2.72. The van der Waals surface area contributed by atoms with Crippen LogP contribution in [0.1, 0.15) is 113 Å². The van der Waals surface area contributed by atoms with Crippen molar-refractivity contribution in [1.29, 1.82) is 0 Å². The summed E-state index contributed by atoms with van der Waals surface area (Å²) in [5.41, 5.74) is 1.86. The highest BCUT2D eigenvalue weighted by Gasteiger charge is 2.72. The second-order valence-electron chi connectivity index (χ2n) is 15.3. The molecule has 5 aliphatic carbocycles. The van der Waals surface area contributed by atoms with Crippen LogP contribution in [0.25, 0.3) is 0 Å². The summed E-state index contributed by atoms with van der Waals surface area (Å²) < 4.78 is 5.87. The van der Waals surface area contributed by atoms with Crippen LogP contribution in [-0.2, 0) is 14.3 Å². The molecule has 0 amide bonds. The molecule has 10 unspecified atom stereocenters. The van der Waals surface area contributed by atoms with Crippen LogP contribution in [0.2, 0.25) is 0 Å². The quantitative estimate of drug-likeness (QED) is 0.298. The SMILES string of the molecule is C=C(C)C1CCC2(C)CCC3(C)C(C(=O)CC4C5(C)CCC(OC(C)=O)C(C)(C)C5CCC43C)C12. The van der Waals surface area contributed by atoms with Crippen molar-refractivity contribution in [1.82, 2.24) is 0 Å². The topological polar surface area (TPSA) is 43.4 Å². The smallest absolute Gasteiger partial charge is 0.302 e. The molecule has 5 rings (SSSR count). The van der Waals surface area contributed by atoms with Gasteiger partial charge in [0.15, 0.2) is 0 Å². The van der Waals surface area contributed by atoms with Crippen LogP contribution in [-0.4, -0.2) is 17.9 Å². The minimum atomic E-state index is -0.163. The third kappa shape index (κ3) is 3.21. The molecule has 0 saturated heterocycles. The summed E-state index contributed by atoms with van der Waals surface area (Å²) in [5.74, 6) is 2.42. The molecular formula is C32H50O3. The molecule has 196 valence electrons. The number of rotatable bonds is 2. The lowest BCUT2D eigenvalue weighted by Crippen LogP contribution is -2.68. The first-order chi connectivity index (χ1) is 16.1. The van der Waals surface area contributed by atoms with Gasteiger partial charge in [-0.25, -0.2) is 0 Å². The average molecular weight is 483 g/mol. The van der Waals surface area contributed by atoms with Gasteiger partial charge in [-0.3, -0.25) is 9.59 Å². The maximum atomic E-state index is 14.4. The molecule has 0 heterocycles. The van der Waals surface area contributed by atoms with E-state index in [2.05, 4.69) is 55.0 Å². The second-order valence-corrected chi connectivity index (χ2v) is 15.3. The molecule has 0 radical (unpaired) electrons. The third-order valence-electron chi connectivity index (χ3n) is 13.5. The number of ether oxygens (including phenoxy) is 1. The number of esters is 1. The molecule has 3 heteroatoms. The van der Waals surface area contributed by atoms with Gasteiger partial charge >= 0.3 is 5.97 Å². The van der Waals surface area contributed by atoms with Gasteiger partial charge in [-0.05, 0) is 104 Å². The summed E-state index contributed by atoms with van der Waals surface area (Å²) in [7, 11) is 0. The Morgan fingerprint density at radius 2 is 1.54 bits per heavy atom. The largest absolute Gasteiger partial charge is 0.462 e. The molecule has 35 heavy (non-hydrogen) atoms. The standard InChI is InChI=1S/C32H50O3/c1-19(2)21-10-13-29(6)16-17-32(9)27(26(21)29)22(34)18-24-30(7)14-12-25(35-20(3)33)28(4,5)23(30)11-15-31(24,32)8/h21,23-27H,1,10-18H2,2-9H3. The van der Waals surface area contributed by atoms with Crippen molar-refractivity contribution >= 4 is 11.8 Å². The number of fused-ring (bicyclic) bond motifs is 7.